The van der Waals surface area contributed by atoms with E-state index < -0.39 is 19.6 Å². The number of aromatic nitrogens is 1. The molecule has 3 heterocycles. The van der Waals surface area contributed by atoms with E-state index in [-0.39, 0.29) is 5.82 Å². The Morgan fingerprint density at radius 1 is 0.971 bits per heavy atom. The summed E-state index contributed by atoms with van der Waals surface area (Å²) in [5.41, 5.74) is 6.43. The number of halogens is 1. The molecule has 0 radical (unpaired) electrons. The van der Waals surface area contributed by atoms with Crippen molar-refractivity contribution in [1.29, 1.82) is 0 Å². The van der Waals surface area contributed by atoms with Crippen LogP contribution < -0.4 is 8.96 Å². The third-order valence-corrected chi connectivity index (χ3v) is 14.5. The standard InChI is InChI=1S/C30H29FGeNO/c1-19-10-13-22-23-14-15-24(31)28(21-12-11-20-8-7-16-32(2,3)25(20)18-21)30(23)34-29(22)27(19)26-9-5-6-17-33(26)4/h5-6,9-15,17-18H,7-8,16H2,1-4H3/q+1/i8D2. The number of fused-ring (bicyclic) bond motifs is 4. The summed E-state index contributed by atoms with van der Waals surface area (Å²) < 4.78 is 42.4. The summed E-state index contributed by atoms with van der Waals surface area (Å²) in [5.74, 6) is 4.32. The molecule has 6 rings (SSSR count). The number of aryl methyl sites for hydroxylation is 3. The van der Waals surface area contributed by atoms with Crippen LogP contribution in [0.1, 0.15) is 20.3 Å². The summed E-state index contributed by atoms with van der Waals surface area (Å²) in [6.07, 6.45) is 1.25. The summed E-state index contributed by atoms with van der Waals surface area (Å²) >= 11 is -2.42. The average Bonchev–Trinajstić information content (AvgIpc) is 3.21. The van der Waals surface area contributed by atoms with Gasteiger partial charge in [0.15, 0.2) is 0 Å². The van der Waals surface area contributed by atoms with Gasteiger partial charge in [0.25, 0.3) is 0 Å². The van der Waals surface area contributed by atoms with E-state index in [1.54, 1.807) is 0 Å². The molecule has 2 nitrogen and oxygen atoms in total. The van der Waals surface area contributed by atoms with Gasteiger partial charge in [-0.3, -0.25) is 0 Å². The van der Waals surface area contributed by atoms with Crippen LogP contribution in [0.4, 0.5) is 4.39 Å². The van der Waals surface area contributed by atoms with E-state index >= 15 is 4.39 Å². The SMILES string of the molecule is [2H]C1([2H])C[CH2][Ge]([CH3])([CH3])[c]2cc(-c3c(F)ccc4c3oc3c(-c5cccc[n+]5C)c(C)ccc34)ccc21. The van der Waals surface area contributed by atoms with Gasteiger partial charge >= 0.3 is 205 Å². The van der Waals surface area contributed by atoms with Crippen molar-refractivity contribution in [3.8, 4) is 22.4 Å². The average molecular weight is 513 g/mol. The van der Waals surface area contributed by atoms with Crippen LogP contribution in [-0.2, 0) is 13.4 Å². The van der Waals surface area contributed by atoms with E-state index in [1.165, 1.54) is 6.07 Å². The third kappa shape index (κ3) is 3.24. The first-order valence-corrected chi connectivity index (χ1v) is 18.6. The molecule has 4 heteroatoms. The molecule has 0 unspecified atom stereocenters. The Hall–Kier alpha value is -2.92. The zero-order chi connectivity index (χ0) is 25.4. The zero-order valence-electron chi connectivity index (χ0n) is 22.0. The van der Waals surface area contributed by atoms with Crippen LogP contribution in [0.2, 0.25) is 16.8 Å². The Balaban J connectivity index is 1.65. The molecule has 0 bridgehead atoms. The molecule has 0 aliphatic carbocycles. The van der Waals surface area contributed by atoms with Gasteiger partial charge in [0, 0.05) is 0 Å². The van der Waals surface area contributed by atoms with Gasteiger partial charge in [-0.05, 0) is 0 Å². The number of hydrogen-bond acceptors (Lipinski definition) is 1. The second kappa shape index (κ2) is 7.81. The molecule has 2 aromatic heterocycles. The number of nitrogens with zero attached hydrogens (tertiary/aromatic N) is 1. The number of rotatable bonds is 2. The van der Waals surface area contributed by atoms with Gasteiger partial charge in [-0.2, -0.15) is 0 Å². The van der Waals surface area contributed by atoms with Crippen molar-refractivity contribution in [2.24, 2.45) is 7.05 Å². The fourth-order valence-corrected chi connectivity index (χ4v) is 10.6. The van der Waals surface area contributed by atoms with Crippen LogP contribution >= 0.6 is 0 Å². The Bertz CT molecular complexity index is 1690. The van der Waals surface area contributed by atoms with E-state index in [0.29, 0.717) is 17.6 Å². The van der Waals surface area contributed by atoms with Crippen molar-refractivity contribution < 1.29 is 16.1 Å². The minimum atomic E-state index is -2.42. The van der Waals surface area contributed by atoms with Crippen LogP contribution in [-0.4, -0.2) is 13.3 Å². The van der Waals surface area contributed by atoms with E-state index in [2.05, 4.69) is 47.3 Å². The summed E-state index contributed by atoms with van der Waals surface area (Å²) in [7, 11) is 2.01. The van der Waals surface area contributed by atoms with Gasteiger partial charge in [0.2, 0.25) is 0 Å². The van der Waals surface area contributed by atoms with Crippen LogP contribution in [0, 0.1) is 12.7 Å². The predicted molar refractivity (Wildman–Crippen MR) is 141 cm³/mol. The van der Waals surface area contributed by atoms with Gasteiger partial charge in [-0.25, -0.2) is 0 Å². The van der Waals surface area contributed by atoms with E-state index in [1.807, 2.05) is 43.6 Å². The van der Waals surface area contributed by atoms with Crippen molar-refractivity contribution in [1.82, 2.24) is 0 Å². The van der Waals surface area contributed by atoms with Crippen molar-refractivity contribution in [3.05, 3.63) is 83.8 Å². The molecule has 170 valence electrons. The quantitative estimate of drug-likeness (QED) is 0.183. The molecule has 0 saturated carbocycles. The molecule has 0 spiro atoms. The Kier molecular flexibility index (Phi) is 4.45. The van der Waals surface area contributed by atoms with Crippen molar-refractivity contribution in [2.75, 3.05) is 0 Å². The van der Waals surface area contributed by atoms with Crippen LogP contribution in [0.3, 0.4) is 0 Å². The fraction of sp³-hybridized carbons (Fsp3) is 0.233. The number of hydrogen-bond donors (Lipinski definition) is 0. The third-order valence-electron chi connectivity index (χ3n) is 7.38. The molecule has 0 fully saturated rings. The van der Waals surface area contributed by atoms with Gasteiger partial charge in [0.05, 0.1) is 0 Å². The van der Waals surface area contributed by atoms with Crippen molar-refractivity contribution >= 4 is 39.6 Å². The van der Waals surface area contributed by atoms with Crippen molar-refractivity contribution in [3.63, 3.8) is 0 Å². The molecular weight excluding hydrogens is 482 g/mol. The van der Waals surface area contributed by atoms with Gasteiger partial charge < -0.3 is 0 Å². The van der Waals surface area contributed by atoms with E-state index in [9.17, 15) is 0 Å². The first kappa shape index (κ1) is 19.4. The Morgan fingerprint density at radius 2 is 1.74 bits per heavy atom. The maximum atomic E-state index is 15.6. The molecule has 0 N–H and O–H groups in total. The van der Waals surface area contributed by atoms with E-state index in [0.717, 1.165) is 54.0 Å². The van der Waals surface area contributed by atoms with Crippen LogP contribution in [0.25, 0.3) is 44.3 Å². The van der Waals surface area contributed by atoms with Crippen molar-refractivity contribution in [2.45, 2.75) is 36.5 Å². The first-order valence-electron chi connectivity index (χ1n) is 12.8. The number of benzene rings is 3. The molecule has 0 saturated heterocycles. The Morgan fingerprint density at radius 3 is 2.53 bits per heavy atom. The van der Waals surface area contributed by atoms with Crippen LogP contribution in [0.5, 0.6) is 0 Å². The fourth-order valence-electron chi connectivity index (χ4n) is 5.41. The zero-order valence-corrected chi connectivity index (χ0v) is 22.1. The molecule has 1 aliphatic rings. The monoisotopic (exact) mass is 514 g/mol. The summed E-state index contributed by atoms with van der Waals surface area (Å²) in [6.45, 7) is 2.07. The summed E-state index contributed by atoms with van der Waals surface area (Å²) in [5, 5.41) is 2.77. The maximum absolute atomic E-state index is 15.6. The first-order chi connectivity index (χ1) is 17.1. The molecular formula is C30H29FGeNO+. The molecule has 1 aliphatic heterocycles. The topological polar surface area (TPSA) is 17.0 Å². The number of pyridine rings is 1. The Labute approximate surface area is 205 Å². The molecule has 3 aromatic carbocycles. The second-order valence-electron chi connectivity index (χ2n) is 10.1. The molecule has 34 heavy (non-hydrogen) atoms. The van der Waals surface area contributed by atoms with E-state index in [4.69, 9.17) is 7.16 Å². The molecule has 0 atom stereocenters. The minimum absolute atomic E-state index is 0.325. The second-order valence-corrected chi connectivity index (χ2v) is 20.1. The van der Waals surface area contributed by atoms with Gasteiger partial charge in [-0.15, -0.1) is 0 Å². The predicted octanol–water partition coefficient (Wildman–Crippen LogP) is 7.05. The number of furan rings is 1. The molecule has 0 amide bonds. The summed E-state index contributed by atoms with van der Waals surface area (Å²) in [6, 6.07) is 19.4. The molecule has 5 aromatic rings. The summed E-state index contributed by atoms with van der Waals surface area (Å²) in [4.78, 5) is 0. The van der Waals surface area contributed by atoms with Gasteiger partial charge in [-0.1, -0.05) is 0 Å². The normalized spacial score (nSPS) is 17.4. The van der Waals surface area contributed by atoms with Crippen LogP contribution in [0.15, 0.2) is 71.3 Å². The van der Waals surface area contributed by atoms with Gasteiger partial charge in [0.1, 0.15) is 0 Å².